The molecule has 0 aromatic carbocycles. The van der Waals surface area contributed by atoms with Crippen LogP contribution in [0, 0.1) is 135 Å². The summed E-state index contributed by atoms with van der Waals surface area (Å²) in [6.07, 6.45) is 44.8. The van der Waals surface area contributed by atoms with Crippen LogP contribution in [-0.2, 0) is 34.5 Å². The van der Waals surface area contributed by atoms with Crippen LogP contribution in [0.2, 0.25) is 0 Å². The summed E-state index contributed by atoms with van der Waals surface area (Å²) in [5.41, 5.74) is 2.49. The van der Waals surface area contributed by atoms with Gasteiger partial charge in [0.05, 0.1) is 60.6 Å². The lowest BCUT2D eigenvalue weighted by Crippen LogP contribution is -2.55. The van der Waals surface area contributed by atoms with Crippen molar-refractivity contribution in [1.82, 2.24) is 24.1 Å². The van der Waals surface area contributed by atoms with Crippen LogP contribution in [0.4, 0.5) is 0 Å². The molecule has 0 unspecified atom stereocenters. The molecule has 3 heterocycles. The van der Waals surface area contributed by atoms with E-state index in [-0.39, 0.29) is 63.7 Å². The average molecular weight is 1380 g/mol. The predicted molar refractivity (Wildman–Crippen MR) is 389 cm³/mol. The van der Waals surface area contributed by atoms with Crippen molar-refractivity contribution in [2.45, 2.75) is 309 Å². The zero-order valence-corrected chi connectivity index (χ0v) is 60.2. The van der Waals surface area contributed by atoms with E-state index in [9.17, 15) is 29.7 Å². The van der Waals surface area contributed by atoms with E-state index in [0.717, 1.165) is 111 Å². The van der Waals surface area contributed by atoms with Gasteiger partial charge in [0.2, 0.25) is 6.33 Å². The summed E-state index contributed by atoms with van der Waals surface area (Å²) in [4.78, 5) is 50.6. The first-order valence-corrected chi connectivity index (χ1v) is 38.2. The van der Waals surface area contributed by atoms with E-state index < -0.39 is 16.8 Å². The summed E-state index contributed by atoms with van der Waals surface area (Å²) < 4.78 is 5.94. The molecule has 12 aliphatic rings. The molecule has 538 valence electrons. The quantitative estimate of drug-likeness (QED) is 0.128. The van der Waals surface area contributed by atoms with Crippen molar-refractivity contribution < 1.29 is 34.3 Å². The number of carbonyl (C=O) groups excluding carboxylic acids is 3. The van der Waals surface area contributed by atoms with Gasteiger partial charge in [-0.05, 0) is 311 Å². The highest BCUT2D eigenvalue weighted by atomic mass is 79.9. The van der Waals surface area contributed by atoms with Crippen molar-refractivity contribution in [2.24, 2.45) is 128 Å². The van der Waals surface area contributed by atoms with Crippen LogP contribution >= 0.6 is 15.9 Å². The Morgan fingerprint density at radius 1 is 0.505 bits per heavy atom. The second-order valence-corrected chi connectivity index (χ2v) is 36.8. The number of carbonyl (C=O) groups is 3. The maximum atomic E-state index is 13.4. The van der Waals surface area contributed by atoms with Crippen LogP contribution < -0.4 is 4.57 Å². The number of ketones is 3. The second-order valence-electron chi connectivity index (χ2n) is 36.3. The third-order valence-electron chi connectivity index (χ3n) is 31.2. The van der Waals surface area contributed by atoms with Crippen LogP contribution in [-0.4, -0.2) is 78.9 Å². The molecule has 12 aliphatic carbocycles. The molecule has 12 fully saturated rings. The number of Topliss-reactive ketones (excluding diaryl/α,β-unsaturated/α-hetero) is 3. The predicted octanol–water partition coefficient (Wildman–Crippen LogP) is 18.1. The Hall–Kier alpha value is -3.00. The summed E-state index contributed by atoms with van der Waals surface area (Å²) in [6.45, 7) is 26.1. The number of H-pyrrole nitrogens is 1. The Bertz CT molecular complexity index is 3080. The highest BCUT2D eigenvalue weighted by Gasteiger charge is 2.65. The molecule has 12 nitrogen and oxygen atoms in total. The van der Waals surface area contributed by atoms with E-state index in [0.29, 0.717) is 81.6 Å². The van der Waals surface area contributed by atoms with Crippen LogP contribution in [0.5, 0.6) is 0 Å². The SMILES string of the molecule is C.C.C.C.C[C@@]1(O)CC[C@@]2(C)[C@@H](CC[C@@H]3[C@@H]2CC[C@]2(C)[C@@H](C(=O)CBr)CC[C@@H]32)C1.C[n+]1cc[nH]c1.Cc1cn(CC(=O)[C@H]2CC[C@H]3[C@@H]4CC[C@H]5C[C@](C)(O)CC[C@]5(C)[C@H]4CC[C@]23C)cn1.Cc1cncn1CC(=O)[C@H]1CC[C@H]2[C@@H]3CC[C@H]4C[C@](C)(O)CC[C@]4(C)[C@H]3CC[C@]12C. The number of hydrogen-bond donors (Lipinski definition) is 4. The maximum absolute atomic E-state index is 13.4. The van der Waals surface area contributed by atoms with E-state index in [1.165, 1.54) is 116 Å². The smallest absolute Gasteiger partial charge is 0.241 e. The van der Waals surface area contributed by atoms with Gasteiger partial charge in [0.1, 0.15) is 18.2 Å². The molecule has 12 saturated carbocycles. The van der Waals surface area contributed by atoms with Crippen LogP contribution in [0.25, 0.3) is 0 Å². The fourth-order valence-corrected chi connectivity index (χ4v) is 26.4. The lowest BCUT2D eigenvalue weighted by atomic mass is 9.44. The third-order valence-corrected chi connectivity index (χ3v) is 31.7. The molecule has 13 heteroatoms. The molecule has 0 saturated heterocycles. The van der Waals surface area contributed by atoms with Crippen LogP contribution in [0.3, 0.4) is 0 Å². The first kappa shape index (κ1) is 77.7. The fraction of sp³-hybridized carbons (Fsp3) is 0.854. The molecule has 0 bridgehead atoms. The molecule has 3 aromatic rings. The number of alkyl halides is 1. The lowest BCUT2D eigenvalue weighted by molar-refractivity contribution is -0.670. The molecule has 4 N–H and O–H groups in total. The number of aromatic amines is 1. The highest BCUT2D eigenvalue weighted by Crippen LogP contribution is 2.72. The first-order valence-electron chi connectivity index (χ1n) is 37.1. The molecule has 3 aromatic heterocycles. The monoisotopic (exact) mass is 1380 g/mol. The molecule has 24 atom stereocenters. The van der Waals surface area contributed by atoms with E-state index in [1.807, 2.05) is 86.5 Å². The van der Waals surface area contributed by atoms with Gasteiger partial charge in [0, 0.05) is 35.8 Å². The molecule has 0 amide bonds. The van der Waals surface area contributed by atoms with Gasteiger partial charge >= 0.3 is 0 Å². The Balaban J connectivity index is 0.000000172. The largest absolute Gasteiger partial charge is 0.390 e. The van der Waals surface area contributed by atoms with Gasteiger partial charge in [-0.15, -0.1) is 0 Å². The van der Waals surface area contributed by atoms with E-state index in [4.69, 9.17) is 0 Å². The molecule has 0 radical (unpaired) electrons. The number of nitrogens with one attached hydrogen (secondary N) is 1. The highest BCUT2D eigenvalue weighted by molar-refractivity contribution is 9.09. The minimum atomic E-state index is -0.462. The fourth-order valence-electron chi connectivity index (χ4n) is 26.0. The zero-order valence-electron chi connectivity index (χ0n) is 58.6. The van der Waals surface area contributed by atoms with Gasteiger partial charge in [0.15, 0.2) is 11.6 Å². The summed E-state index contributed by atoms with van der Waals surface area (Å²) in [7, 11) is 1.97. The summed E-state index contributed by atoms with van der Waals surface area (Å²) in [5, 5.41) is 32.5. The number of fused-ring (bicyclic) bond motifs is 15. The number of nitrogens with zero attached hydrogens (tertiary/aromatic N) is 5. The lowest BCUT2D eigenvalue weighted by Gasteiger charge is -2.61. The summed E-state index contributed by atoms with van der Waals surface area (Å²) >= 11 is 3.43. The van der Waals surface area contributed by atoms with Gasteiger partial charge in [0.25, 0.3) is 0 Å². The summed E-state index contributed by atoms with van der Waals surface area (Å²) in [6, 6.07) is 0. The molecule has 0 spiro atoms. The Kier molecular flexibility index (Phi) is 23.6. The molecule has 95 heavy (non-hydrogen) atoms. The molecular formula is C82H138BrN6O6+. The van der Waals surface area contributed by atoms with Gasteiger partial charge in [-0.25, -0.2) is 14.5 Å². The number of aromatic nitrogens is 6. The number of hydrogen-bond acceptors (Lipinski definition) is 8. The number of rotatable bonds is 8. The van der Waals surface area contributed by atoms with E-state index in [1.54, 1.807) is 12.7 Å². The minimum Gasteiger partial charge on any atom is -0.390 e. The van der Waals surface area contributed by atoms with Crippen molar-refractivity contribution in [3.8, 4) is 0 Å². The Morgan fingerprint density at radius 2 is 0.884 bits per heavy atom. The van der Waals surface area contributed by atoms with Gasteiger partial charge < -0.3 is 24.5 Å². The van der Waals surface area contributed by atoms with Crippen LogP contribution in [0.15, 0.2) is 43.8 Å². The van der Waals surface area contributed by atoms with Crippen molar-refractivity contribution in [3.63, 3.8) is 0 Å². The Morgan fingerprint density at radius 3 is 1.20 bits per heavy atom. The van der Waals surface area contributed by atoms with Crippen molar-refractivity contribution >= 4 is 33.3 Å². The van der Waals surface area contributed by atoms with Crippen molar-refractivity contribution in [2.75, 3.05) is 5.33 Å². The average Bonchev–Trinajstić information content (AvgIpc) is 1.70. The molecule has 0 aliphatic heterocycles. The van der Waals surface area contributed by atoms with Crippen LogP contribution in [0.1, 0.15) is 277 Å². The number of aliphatic hydroxyl groups is 3. The van der Waals surface area contributed by atoms with Crippen molar-refractivity contribution in [1.29, 1.82) is 0 Å². The zero-order chi connectivity index (χ0) is 65.1. The van der Waals surface area contributed by atoms with Gasteiger partial charge in [-0.2, -0.15) is 0 Å². The van der Waals surface area contributed by atoms with E-state index >= 15 is 0 Å². The minimum absolute atomic E-state index is 0. The number of halogens is 1. The number of imidazole rings is 3. The topological polar surface area (TPSA) is 167 Å². The maximum Gasteiger partial charge on any atom is 0.241 e. The normalized spacial score (nSPS) is 45.4. The summed E-state index contributed by atoms with van der Waals surface area (Å²) in [5.74, 6) is 11.0. The first-order chi connectivity index (χ1) is 42.9. The van der Waals surface area contributed by atoms with Gasteiger partial charge in [-0.1, -0.05) is 87.2 Å². The Labute approximate surface area is 586 Å². The second kappa shape index (κ2) is 28.8. The van der Waals surface area contributed by atoms with Crippen molar-refractivity contribution in [3.05, 3.63) is 55.2 Å². The van der Waals surface area contributed by atoms with E-state index in [2.05, 4.69) is 72.4 Å². The third kappa shape index (κ3) is 14.2. The molecule has 15 rings (SSSR count). The standard InChI is InChI=1S/2C26H40N2O2.C22H35BrO2.C4H6N2.4CH4/c1-17-14-28(16-27-17)15-23(29)22-8-7-20-19-6-5-18-13-24(2,30)11-12-25(18,3)21(19)9-10-26(20,22)4;1-17-14-27-16-28(17)15-23(29)22-8-7-20-19-6-5-18-13-24(2,30)11-12-25(18,3)21(19)9-10-26(20,22)4;1-20(25)10-11-21(2)14(12-20)4-5-15-16-6-7-18(19(24)13-23)22(16,3)9-8-17(15)21;1-6-3-2-5-4-6;;;;/h2*14,16,18-22,30H,5-13,15H2,1-4H3;14-18,25H,4-13H2,1-3H3;2-4H,1H3;4*1H4/p+1/t2*18-,19-,20-,21-,22+,24+,25-,26-;14-,15-,16-,17-,18+,20+,21-,22-;;;;;/m000...../s1. The molecular weight excluding hydrogens is 1240 g/mol. The van der Waals surface area contributed by atoms with Gasteiger partial charge in [-0.3, -0.25) is 19.4 Å². The number of aryl methyl sites for hydroxylation is 3.